The topological polar surface area (TPSA) is 48.4 Å². The Balaban J connectivity index is 1.80. The molecule has 0 aliphatic carbocycles. The smallest absolute Gasteiger partial charge is 0.198 e. The van der Waals surface area contributed by atoms with Crippen LogP contribution in [0.1, 0.15) is 27.8 Å². The predicted octanol–water partition coefficient (Wildman–Crippen LogP) is 4.36. The maximum atomic E-state index is 10.4. The predicted molar refractivity (Wildman–Crippen MR) is 93.2 cm³/mol. The van der Waals surface area contributed by atoms with E-state index in [1.54, 1.807) is 0 Å². The molecule has 23 heavy (non-hydrogen) atoms. The molecule has 0 fully saturated rings. The first-order valence-electron chi connectivity index (χ1n) is 7.76. The molecule has 2 N–H and O–H groups in total. The lowest BCUT2D eigenvalue weighted by molar-refractivity contribution is 0.456. The number of nitrogens with zero attached hydrogens (tertiary/aromatic N) is 1. The van der Waals surface area contributed by atoms with E-state index in [1.165, 1.54) is 11.1 Å². The van der Waals surface area contributed by atoms with Crippen molar-refractivity contribution in [3.05, 3.63) is 76.3 Å². The molecule has 0 saturated heterocycles. The van der Waals surface area contributed by atoms with Crippen LogP contribution in [0.2, 0.25) is 0 Å². The molecule has 0 amide bonds. The summed E-state index contributed by atoms with van der Waals surface area (Å²) in [6.45, 7) is 4.73. The number of aromatic nitrogens is 1. The van der Waals surface area contributed by atoms with Gasteiger partial charge in [-0.3, -0.25) is 4.99 Å². The maximum Gasteiger partial charge on any atom is 0.198 e. The van der Waals surface area contributed by atoms with Gasteiger partial charge in [-0.25, -0.2) is 0 Å². The first-order valence-corrected chi connectivity index (χ1v) is 7.76. The van der Waals surface area contributed by atoms with E-state index in [2.05, 4.69) is 72.4 Å². The number of H-pyrrole nitrogens is 1. The van der Waals surface area contributed by atoms with Gasteiger partial charge < -0.3 is 10.1 Å². The van der Waals surface area contributed by atoms with Crippen molar-refractivity contribution in [1.82, 2.24) is 4.98 Å². The number of nitrogens with one attached hydrogen (secondary N) is 1. The van der Waals surface area contributed by atoms with Gasteiger partial charge >= 0.3 is 0 Å². The van der Waals surface area contributed by atoms with Crippen molar-refractivity contribution in [2.24, 2.45) is 4.99 Å². The van der Waals surface area contributed by atoms with Crippen LogP contribution in [0.5, 0.6) is 5.88 Å². The lowest BCUT2D eigenvalue weighted by Gasteiger charge is -2.02. The van der Waals surface area contributed by atoms with Gasteiger partial charge in [-0.15, -0.1) is 0 Å². The summed E-state index contributed by atoms with van der Waals surface area (Å²) in [6, 6.07) is 16.6. The number of aromatic hydroxyl groups is 1. The lowest BCUT2D eigenvalue weighted by atomic mass is 9.99. The van der Waals surface area contributed by atoms with Gasteiger partial charge in [0, 0.05) is 11.1 Å². The van der Waals surface area contributed by atoms with Crippen LogP contribution in [0.25, 0.3) is 11.3 Å². The standard InChI is InChI=1S/C20H18N2O/c1-12-3-7-14(8-4-12)18-16-11-21-19(17(16)20(23)22-18)15-9-5-13(2)6-10-15/h3-10,22-23H,11H2,1-2H3. The van der Waals surface area contributed by atoms with Crippen LogP contribution >= 0.6 is 0 Å². The molecule has 3 nitrogen and oxygen atoms in total. The van der Waals surface area contributed by atoms with E-state index in [4.69, 9.17) is 0 Å². The average molecular weight is 302 g/mol. The highest BCUT2D eigenvalue weighted by Gasteiger charge is 2.27. The van der Waals surface area contributed by atoms with Crippen molar-refractivity contribution in [3.8, 4) is 17.1 Å². The molecule has 2 heterocycles. The first-order chi connectivity index (χ1) is 11.1. The van der Waals surface area contributed by atoms with Gasteiger partial charge in [-0.05, 0) is 19.4 Å². The quantitative estimate of drug-likeness (QED) is 0.726. The normalized spacial score (nSPS) is 13.0. The molecule has 0 atom stereocenters. The summed E-state index contributed by atoms with van der Waals surface area (Å²) in [5.74, 6) is 0.201. The number of fused-ring (bicyclic) bond motifs is 1. The third-order valence-electron chi connectivity index (χ3n) is 4.38. The third kappa shape index (κ3) is 2.25. The zero-order valence-electron chi connectivity index (χ0n) is 13.2. The highest BCUT2D eigenvalue weighted by Crippen LogP contribution is 2.37. The monoisotopic (exact) mass is 302 g/mol. The molecule has 3 heteroatoms. The van der Waals surface area contributed by atoms with Gasteiger partial charge in [0.1, 0.15) is 0 Å². The zero-order chi connectivity index (χ0) is 16.0. The molecule has 0 spiro atoms. The SMILES string of the molecule is Cc1ccc(C2=NCc3c(-c4ccc(C)cc4)[nH]c(O)c32)cc1. The number of rotatable bonds is 2. The highest BCUT2D eigenvalue weighted by molar-refractivity contribution is 6.17. The molecule has 2 aromatic carbocycles. The maximum absolute atomic E-state index is 10.4. The van der Waals surface area contributed by atoms with Crippen LogP contribution in [0.15, 0.2) is 53.5 Å². The highest BCUT2D eigenvalue weighted by atomic mass is 16.3. The Bertz CT molecular complexity index is 900. The van der Waals surface area contributed by atoms with Crippen molar-refractivity contribution in [3.63, 3.8) is 0 Å². The third-order valence-corrected chi connectivity index (χ3v) is 4.38. The summed E-state index contributed by atoms with van der Waals surface area (Å²) in [4.78, 5) is 7.80. The van der Waals surface area contributed by atoms with E-state index in [0.717, 1.165) is 33.7 Å². The van der Waals surface area contributed by atoms with E-state index in [-0.39, 0.29) is 5.88 Å². The fourth-order valence-corrected chi connectivity index (χ4v) is 3.09. The van der Waals surface area contributed by atoms with Gasteiger partial charge in [0.05, 0.1) is 23.5 Å². The van der Waals surface area contributed by atoms with Crippen molar-refractivity contribution >= 4 is 5.71 Å². The van der Waals surface area contributed by atoms with Crippen LogP contribution in [-0.2, 0) is 6.54 Å². The minimum absolute atomic E-state index is 0.201. The number of aryl methyl sites for hydroxylation is 2. The minimum Gasteiger partial charge on any atom is -0.494 e. The number of aliphatic imine (C=N–C) groups is 1. The van der Waals surface area contributed by atoms with E-state index >= 15 is 0 Å². The summed E-state index contributed by atoms with van der Waals surface area (Å²) in [7, 11) is 0. The van der Waals surface area contributed by atoms with E-state index in [9.17, 15) is 5.11 Å². The van der Waals surface area contributed by atoms with E-state index in [1.807, 2.05) is 0 Å². The van der Waals surface area contributed by atoms with Gasteiger partial charge in [0.25, 0.3) is 0 Å². The number of aromatic amines is 1. The Morgan fingerprint density at radius 3 is 2.04 bits per heavy atom. The van der Waals surface area contributed by atoms with Crippen molar-refractivity contribution in [1.29, 1.82) is 0 Å². The molecule has 0 unspecified atom stereocenters. The number of benzene rings is 2. The van der Waals surface area contributed by atoms with Crippen molar-refractivity contribution in [2.75, 3.05) is 0 Å². The molecule has 3 aromatic rings. The molecule has 1 aliphatic heterocycles. The van der Waals surface area contributed by atoms with Crippen LogP contribution < -0.4 is 0 Å². The summed E-state index contributed by atoms with van der Waals surface area (Å²) in [5.41, 5.74) is 8.29. The number of hydrogen-bond donors (Lipinski definition) is 2. The van der Waals surface area contributed by atoms with Crippen LogP contribution in [0, 0.1) is 13.8 Å². The van der Waals surface area contributed by atoms with E-state index < -0.39 is 0 Å². The molecule has 4 rings (SSSR count). The van der Waals surface area contributed by atoms with Crippen LogP contribution in [0.3, 0.4) is 0 Å². The van der Waals surface area contributed by atoms with Gasteiger partial charge in [0.2, 0.25) is 0 Å². The molecule has 114 valence electrons. The van der Waals surface area contributed by atoms with Crippen molar-refractivity contribution < 1.29 is 5.11 Å². The minimum atomic E-state index is 0.201. The Kier molecular flexibility index (Phi) is 3.08. The first kappa shape index (κ1) is 13.8. The molecule has 1 aromatic heterocycles. The summed E-state index contributed by atoms with van der Waals surface area (Å²) in [6.07, 6.45) is 0. The second-order valence-corrected chi connectivity index (χ2v) is 6.10. The molecule has 0 bridgehead atoms. The van der Waals surface area contributed by atoms with E-state index in [0.29, 0.717) is 6.54 Å². The van der Waals surface area contributed by atoms with Gasteiger partial charge in [-0.2, -0.15) is 0 Å². The summed E-state index contributed by atoms with van der Waals surface area (Å²) in [5, 5.41) is 10.4. The van der Waals surface area contributed by atoms with Crippen molar-refractivity contribution in [2.45, 2.75) is 20.4 Å². The lowest BCUT2D eigenvalue weighted by Crippen LogP contribution is -1.99. The summed E-state index contributed by atoms with van der Waals surface area (Å²) >= 11 is 0. The van der Waals surface area contributed by atoms with Gasteiger partial charge in [0.15, 0.2) is 5.88 Å². The number of hydrogen-bond acceptors (Lipinski definition) is 2. The zero-order valence-corrected chi connectivity index (χ0v) is 13.2. The fraction of sp³-hybridized carbons (Fsp3) is 0.150. The molecular weight excluding hydrogens is 284 g/mol. The molecule has 1 aliphatic rings. The average Bonchev–Trinajstić information content (AvgIpc) is 3.11. The molecular formula is C20H18N2O. The molecule has 0 radical (unpaired) electrons. The second kappa shape index (κ2) is 5.13. The largest absolute Gasteiger partial charge is 0.494 e. The second-order valence-electron chi connectivity index (χ2n) is 6.10. The Morgan fingerprint density at radius 1 is 0.870 bits per heavy atom. The Morgan fingerprint density at radius 2 is 1.43 bits per heavy atom. The van der Waals surface area contributed by atoms with Gasteiger partial charge in [-0.1, -0.05) is 59.7 Å². The van der Waals surface area contributed by atoms with Crippen LogP contribution in [0.4, 0.5) is 0 Å². The molecule has 0 saturated carbocycles. The fourth-order valence-electron chi connectivity index (χ4n) is 3.09. The Labute approximate surface area is 135 Å². The van der Waals surface area contributed by atoms with Crippen LogP contribution in [-0.4, -0.2) is 15.8 Å². The summed E-state index contributed by atoms with van der Waals surface area (Å²) < 4.78 is 0. The Hall–Kier alpha value is -2.81.